The predicted molar refractivity (Wildman–Crippen MR) is 90.3 cm³/mol. The molecule has 1 aliphatic rings. The Kier molecular flexibility index (Phi) is 7.10. The number of hydrogen-bond donors (Lipinski definition) is 2. The maximum atomic E-state index is 12.8. The summed E-state index contributed by atoms with van der Waals surface area (Å²) in [5.41, 5.74) is -1.37. The van der Waals surface area contributed by atoms with Gasteiger partial charge in [0.05, 0.1) is 11.0 Å². The van der Waals surface area contributed by atoms with Crippen molar-refractivity contribution in [2.75, 3.05) is 19.6 Å². The summed E-state index contributed by atoms with van der Waals surface area (Å²) in [7, 11) is 0. The van der Waals surface area contributed by atoms with Crippen molar-refractivity contribution >= 4 is 18.3 Å². The van der Waals surface area contributed by atoms with Crippen molar-refractivity contribution in [3.63, 3.8) is 0 Å². The third-order valence-corrected chi connectivity index (χ3v) is 4.43. The normalized spacial score (nSPS) is 18.6. The first kappa shape index (κ1) is 20.8. The minimum Gasteiger partial charge on any atom is -0.355 e. The van der Waals surface area contributed by atoms with Crippen LogP contribution in [0.1, 0.15) is 37.8 Å². The van der Waals surface area contributed by atoms with Gasteiger partial charge in [-0.2, -0.15) is 13.2 Å². The Morgan fingerprint density at radius 3 is 2.54 bits per heavy atom. The second-order valence-corrected chi connectivity index (χ2v) is 6.63. The van der Waals surface area contributed by atoms with Gasteiger partial charge in [-0.3, -0.25) is 4.79 Å². The molecule has 2 N–H and O–H groups in total. The van der Waals surface area contributed by atoms with Crippen LogP contribution in [0.15, 0.2) is 24.3 Å². The zero-order valence-corrected chi connectivity index (χ0v) is 14.7. The molecule has 136 valence electrons. The van der Waals surface area contributed by atoms with Crippen LogP contribution in [0.25, 0.3) is 0 Å². The number of hydrogen-bond acceptors (Lipinski definition) is 2. The lowest BCUT2D eigenvalue weighted by atomic mass is 9.82. The first-order valence-electron chi connectivity index (χ1n) is 7.88. The fourth-order valence-electron chi connectivity index (χ4n) is 2.77. The lowest BCUT2D eigenvalue weighted by Crippen LogP contribution is -2.44. The minimum absolute atomic E-state index is 0. The quantitative estimate of drug-likeness (QED) is 0.858. The average molecular weight is 365 g/mol. The molecule has 1 aromatic carbocycles. The summed E-state index contributed by atoms with van der Waals surface area (Å²) in [4.78, 5) is 12.5. The van der Waals surface area contributed by atoms with Crippen LogP contribution in [0.3, 0.4) is 0 Å². The smallest absolute Gasteiger partial charge is 0.355 e. The SMILES string of the molecule is CC(C)(C(=O)NCC1CCCNC1)c1cccc(C(F)(F)F)c1.Cl. The molecule has 24 heavy (non-hydrogen) atoms. The van der Waals surface area contributed by atoms with E-state index in [1.807, 2.05) is 0 Å². The topological polar surface area (TPSA) is 41.1 Å². The van der Waals surface area contributed by atoms with Gasteiger partial charge in [-0.05, 0) is 57.3 Å². The van der Waals surface area contributed by atoms with Crippen molar-refractivity contribution < 1.29 is 18.0 Å². The largest absolute Gasteiger partial charge is 0.416 e. The number of alkyl halides is 3. The van der Waals surface area contributed by atoms with E-state index in [0.29, 0.717) is 18.0 Å². The second-order valence-electron chi connectivity index (χ2n) is 6.63. The Labute approximate surface area is 146 Å². The minimum atomic E-state index is -4.41. The molecule has 1 unspecified atom stereocenters. The first-order valence-corrected chi connectivity index (χ1v) is 7.88. The maximum absolute atomic E-state index is 12.8. The molecule has 1 heterocycles. The highest BCUT2D eigenvalue weighted by molar-refractivity contribution is 5.87. The molecule has 0 aromatic heterocycles. The van der Waals surface area contributed by atoms with Crippen molar-refractivity contribution in [2.45, 2.75) is 38.3 Å². The molecule has 0 saturated carbocycles. The van der Waals surface area contributed by atoms with E-state index in [-0.39, 0.29) is 18.3 Å². The zero-order chi connectivity index (χ0) is 17.1. The standard InChI is InChI=1S/C17H23F3N2O.ClH/c1-16(2,13-6-3-7-14(9-13)17(18,19)20)15(23)22-11-12-5-4-8-21-10-12;/h3,6-7,9,12,21H,4-5,8,10-11H2,1-2H3,(H,22,23);1H. The fraction of sp³-hybridized carbons (Fsp3) is 0.588. The zero-order valence-electron chi connectivity index (χ0n) is 13.9. The molecule has 7 heteroatoms. The van der Waals surface area contributed by atoms with Crippen LogP contribution >= 0.6 is 12.4 Å². The molecular weight excluding hydrogens is 341 g/mol. The number of rotatable bonds is 4. The lowest BCUT2D eigenvalue weighted by Gasteiger charge is -2.28. The summed E-state index contributed by atoms with van der Waals surface area (Å²) in [6.45, 7) is 5.71. The molecule has 0 radical (unpaired) electrons. The fourth-order valence-corrected chi connectivity index (χ4v) is 2.77. The highest BCUT2D eigenvalue weighted by Crippen LogP contribution is 2.32. The van der Waals surface area contributed by atoms with Gasteiger partial charge < -0.3 is 10.6 Å². The van der Waals surface area contributed by atoms with E-state index in [4.69, 9.17) is 0 Å². The summed E-state index contributed by atoms with van der Waals surface area (Å²) in [6, 6.07) is 4.99. The number of halogens is 4. The van der Waals surface area contributed by atoms with E-state index in [2.05, 4.69) is 10.6 Å². The summed E-state index contributed by atoms with van der Waals surface area (Å²) in [6.07, 6.45) is -2.27. The van der Waals surface area contributed by atoms with Crippen LogP contribution in [0, 0.1) is 5.92 Å². The van der Waals surface area contributed by atoms with Gasteiger partial charge in [0.25, 0.3) is 0 Å². The van der Waals surface area contributed by atoms with Crippen molar-refractivity contribution in [1.82, 2.24) is 10.6 Å². The van der Waals surface area contributed by atoms with Crippen LogP contribution in [0.4, 0.5) is 13.2 Å². The summed E-state index contributed by atoms with van der Waals surface area (Å²) in [5.74, 6) is 0.132. The molecule has 1 amide bonds. The maximum Gasteiger partial charge on any atom is 0.416 e. The van der Waals surface area contributed by atoms with E-state index in [1.165, 1.54) is 6.07 Å². The third kappa shape index (κ3) is 5.11. The molecular formula is C17H24ClF3N2O. The molecule has 1 atom stereocenters. The van der Waals surface area contributed by atoms with Gasteiger partial charge in [0.1, 0.15) is 0 Å². The van der Waals surface area contributed by atoms with E-state index < -0.39 is 17.2 Å². The molecule has 1 fully saturated rings. The van der Waals surface area contributed by atoms with E-state index in [1.54, 1.807) is 19.9 Å². The molecule has 1 saturated heterocycles. The molecule has 1 aliphatic heterocycles. The van der Waals surface area contributed by atoms with Gasteiger partial charge in [0.2, 0.25) is 5.91 Å². The highest BCUT2D eigenvalue weighted by atomic mass is 35.5. The monoisotopic (exact) mass is 364 g/mol. The van der Waals surface area contributed by atoms with E-state index >= 15 is 0 Å². The van der Waals surface area contributed by atoms with Gasteiger partial charge in [-0.25, -0.2) is 0 Å². The van der Waals surface area contributed by atoms with Gasteiger partial charge in [-0.15, -0.1) is 12.4 Å². The number of carbonyl (C=O) groups is 1. The Balaban J connectivity index is 0.00000288. The summed E-state index contributed by atoms with van der Waals surface area (Å²) >= 11 is 0. The molecule has 2 rings (SSSR count). The van der Waals surface area contributed by atoms with Gasteiger partial charge >= 0.3 is 6.18 Å². The average Bonchev–Trinajstić information content (AvgIpc) is 2.53. The van der Waals surface area contributed by atoms with Crippen molar-refractivity contribution in [3.8, 4) is 0 Å². The van der Waals surface area contributed by atoms with E-state index in [9.17, 15) is 18.0 Å². The number of amides is 1. The van der Waals surface area contributed by atoms with Crippen LogP contribution in [-0.4, -0.2) is 25.5 Å². The number of carbonyl (C=O) groups excluding carboxylic acids is 1. The number of nitrogens with one attached hydrogen (secondary N) is 2. The van der Waals surface area contributed by atoms with Gasteiger partial charge in [-0.1, -0.05) is 18.2 Å². The first-order chi connectivity index (χ1) is 10.7. The molecule has 0 spiro atoms. The van der Waals surface area contributed by atoms with E-state index in [0.717, 1.165) is 38.1 Å². The van der Waals surface area contributed by atoms with Crippen LogP contribution in [0.5, 0.6) is 0 Å². The number of piperidine rings is 1. The Morgan fingerprint density at radius 2 is 1.96 bits per heavy atom. The van der Waals surface area contributed by atoms with Crippen LogP contribution in [0.2, 0.25) is 0 Å². The lowest BCUT2D eigenvalue weighted by molar-refractivity contribution is -0.138. The van der Waals surface area contributed by atoms with Crippen molar-refractivity contribution in [1.29, 1.82) is 0 Å². The van der Waals surface area contributed by atoms with Gasteiger partial charge in [0, 0.05) is 6.54 Å². The van der Waals surface area contributed by atoms with Crippen LogP contribution in [-0.2, 0) is 16.4 Å². The molecule has 3 nitrogen and oxygen atoms in total. The Morgan fingerprint density at radius 1 is 1.29 bits per heavy atom. The molecule has 0 bridgehead atoms. The van der Waals surface area contributed by atoms with Crippen molar-refractivity contribution in [2.24, 2.45) is 5.92 Å². The molecule has 0 aliphatic carbocycles. The number of benzene rings is 1. The summed E-state index contributed by atoms with van der Waals surface area (Å²) < 4.78 is 38.5. The highest BCUT2D eigenvalue weighted by Gasteiger charge is 2.35. The Bertz CT molecular complexity index is 555. The van der Waals surface area contributed by atoms with Crippen LogP contribution < -0.4 is 10.6 Å². The van der Waals surface area contributed by atoms with Crippen molar-refractivity contribution in [3.05, 3.63) is 35.4 Å². The summed E-state index contributed by atoms with van der Waals surface area (Å²) in [5, 5.41) is 6.17. The second kappa shape index (κ2) is 8.21. The third-order valence-electron chi connectivity index (χ3n) is 4.43. The molecule has 1 aromatic rings. The Hall–Kier alpha value is -1.27. The predicted octanol–water partition coefficient (Wildman–Crippen LogP) is 3.52. The van der Waals surface area contributed by atoms with Gasteiger partial charge in [0.15, 0.2) is 0 Å².